The van der Waals surface area contributed by atoms with Gasteiger partial charge in [-0.1, -0.05) is 5.11 Å². The van der Waals surface area contributed by atoms with Crippen molar-refractivity contribution in [3.63, 3.8) is 0 Å². The molecule has 0 saturated carbocycles. The van der Waals surface area contributed by atoms with Crippen molar-refractivity contribution in [3.05, 3.63) is 34.5 Å². The van der Waals surface area contributed by atoms with Crippen LogP contribution >= 0.6 is 0 Å². The van der Waals surface area contributed by atoms with Crippen molar-refractivity contribution in [3.8, 4) is 0 Å². The Hall–Kier alpha value is -2.51. The van der Waals surface area contributed by atoms with Gasteiger partial charge in [0.2, 0.25) is 0 Å². The number of cyclic esters (lactones) is 1. The number of hydrogen-bond acceptors (Lipinski definition) is 5. The van der Waals surface area contributed by atoms with Crippen LogP contribution in [0.5, 0.6) is 0 Å². The molecule has 118 valence electrons. The Balaban J connectivity index is 2.14. The molecule has 1 aliphatic heterocycles. The second-order valence-corrected chi connectivity index (χ2v) is 4.81. The van der Waals surface area contributed by atoms with Gasteiger partial charge >= 0.3 is 6.09 Å². The lowest BCUT2D eigenvalue weighted by Gasteiger charge is -2.20. The van der Waals surface area contributed by atoms with Gasteiger partial charge in [0.25, 0.3) is 0 Å². The van der Waals surface area contributed by atoms with E-state index in [1.54, 1.807) is 18.0 Å². The highest BCUT2D eigenvalue weighted by atomic mass is 19.1. The number of carbonyl (C=O) groups is 1. The highest BCUT2D eigenvalue weighted by molar-refractivity contribution is 5.90. The lowest BCUT2D eigenvalue weighted by atomic mass is 10.2. The van der Waals surface area contributed by atoms with Gasteiger partial charge in [-0.2, -0.15) is 0 Å². The summed E-state index contributed by atoms with van der Waals surface area (Å²) in [5, 5.41) is 12.2. The predicted octanol–water partition coefficient (Wildman–Crippen LogP) is 1.89. The van der Waals surface area contributed by atoms with Crippen LogP contribution in [0.25, 0.3) is 10.4 Å². The molecule has 1 amide bonds. The normalized spacial score (nSPS) is 17.1. The van der Waals surface area contributed by atoms with Crippen LogP contribution in [0, 0.1) is 5.82 Å². The Bertz CT molecular complexity index is 605. The van der Waals surface area contributed by atoms with Gasteiger partial charge in [0, 0.05) is 18.5 Å². The number of azide groups is 1. The molecule has 1 N–H and O–H groups in total. The lowest BCUT2D eigenvalue weighted by Crippen LogP contribution is -2.26. The third-order valence-corrected chi connectivity index (χ3v) is 3.31. The molecule has 0 radical (unpaired) electrons. The summed E-state index contributed by atoms with van der Waals surface area (Å²) in [5.41, 5.74) is 8.97. The van der Waals surface area contributed by atoms with E-state index in [-0.39, 0.29) is 19.7 Å². The molecule has 1 atom stereocenters. The SMILES string of the molecule is CN(CCO)c1ccc(N2CC(CN=[N+]=[N-])OC2=O)cc1F. The molecule has 1 saturated heterocycles. The Morgan fingerprint density at radius 3 is 3.05 bits per heavy atom. The second-order valence-electron chi connectivity index (χ2n) is 4.81. The van der Waals surface area contributed by atoms with Crippen molar-refractivity contribution < 1.29 is 19.0 Å². The number of anilines is 2. The quantitative estimate of drug-likeness (QED) is 0.492. The number of hydrogen-bond donors (Lipinski definition) is 1. The summed E-state index contributed by atoms with van der Waals surface area (Å²) >= 11 is 0. The third-order valence-electron chi connectivity index (χ3n) is 3.31. The summed E-state index contributed by atoms with van der Waals surface area (Å²) in [7, 11) is 1.66. The van der Waals surface area contributed by atoms with Gasteiger partial charge in [-0.15, -0.1) is 0 Å². The molecular formula is C13H16FN5O3. The maximum atomic E-state index is 14.1. The highest BCUT2D eigenvalue weighted by Crippen LogP contribution is 2.27. The van der Waals surface area contributed by atoms with E-state index in [4.69, 9.17) is 15.4 Å². The number of nitrogens with zero attached hydrogens (tertiary/aromatic N) is 5. The van der Waals surface area contributed by atoms with Crippen molar-refractivity contribution in [2.24, 2.45) is 5.11 Å². The largest absolute Gasteiger partial charge is 0.444 e. The molecule has 1 unspecified atom stereocenters. The minimum atomic E-state index is -0.603. The average Bonchev–Trinajstić information content (AvgIpc) is 2.86. The number of rotatable bonds is 6. The molecule has 0 bridgehead atoms. The molecule has 0 spiro atoms. The molecule has 22 heavy (non-hydrogen) atoms. The van der Waals surface area contributed by atoms with E-state index >= 15 is 0 Å². The minimum absolute atomic E-state index is 0.0402. The molecule has 1 aromatic rings. The molecule has 0 aromatic heterocycles. The zero-order valence-corrected chi connectivity index (χ0v) is 12.0. The Labute approximate surface area is 126 Å². The Kier molecular flexibility index (Phi) is 5.03. The molecule has 1 fully saturated rings. The average molecular weight is 309 g/mol. The predicted molar refractivity (Wildman–Crippen MR) is 78.4 cm³/mol. The number of amides is 1. The van der Waals surface area contributed by atoms with Crippen LogP contribution in [0.2, 0.25) is 0 Å². The molecule has 8 nitrogen and oxygen atoms in total. The molecular weight excluding hydrogens is 293 g/mol. The molecule has 1 aromatic carbocycles. The fourth-order valence-electron chi connectivity index (χ4n) is 2.20. The van der Waals surface area contributed by atoms with Crippen LogP contribution in [0.1, 0.15) is 0 Å². The molecule has 1 aliphatic rings. The number of ether oxygens (including phenoxy) is 1. The molecule has 0 aliphatic carbocycles. The summed E-state index contributed by atoms with van der Waals surface area (Å²) < 4.78 is 19.2. The topological polar surface area (TPSA) is 102 Å². The van der Waals surface area contributed by atoms with Gasteiger partial charge in [0.15, 0.2) is 0 Å². The van der Waals surface area contributed by atoms with E-state index in [0.29, 0.717) is 17.9 Å². The van der Waals surface area contributed by atoms with Gasteiger partial charge in [-0.05, 0) is 23.7 Å². The van der Waals surface area contributed by atoms with Gasteiger partial charge in [-0.25, -0.2) is 9.18 Å². The van der Waals surface area contributed by atoms with Crippen LogP contribution in [0.15, 0.2) is 23.3 Å². The van der Waals surface area contributed by atoms with E-state index in [1.807, 2.05) is 0 Å². The van der Waals surface area contributed by atoms with Gasteiger partial charge < -0.3 is 14.7 Å². The zero-order chi connectivity index (χ0) is 16.1. The smallest absolute Gasteiger partial charge is 0.414 e. The van der Waals surface area contributed by atoms with E-state index < -0.39 is 18.0 Å². The van der Waals surface area contributed by atoms with Crippen molar-refractivity contribution in [2.75, 3.05) is 43.1 Å². The summed E-state index contributed by atoms with van der Waals surface area (Å²) in [4.78, 5) is 17.3. The second kappa shape index (κ2) is 6.97. The van der Waals surface area contributed by atoms with Gasteiger partial charge in [-0.3, -0.25) is 4.90 Å². The van der Waals surface area contributed by atoms with Crippen molar-refractivity contribution in [1.29, 1.82) is 0 Å². The molecule has 1 heterocycles. The maximum Gasteiger partial charge on any atom is 0.414 e. The first-order valence-corrected chi connectivity index (χ1v) is 6.67. The van der Waals surface area contributed by atoms with E-state index in [0.717, 1.165) is 0 Å². The highest BCUT2D eigenvalue weighted by Gasteiger charge is 2.32. The van der Waals surface area contributed by atoms with Crippen molar-refractivity contribution in [1.82, 2.24) is 0 Å². The fourth-order valence-corrected chi connectivity index (χ4v) is 2.20. The van der Waals surface area contributed by atoms with Gasteiger partial charge in [0.1, 0.15) is 11.9 Å². The Morgan fingerprint density at radius 2 is 2.41 bits per heavy atom. The lowest BCUT2D eigenvalue weighted by molar-refractivity contribution is 0.145. The fraction of sp³-hybridized carbons (Fsp3) is 0.462. The zero-order valence-electron chi connectivity index (χ0n) is 12.0. The number of benzene rings is 1. The monoisotopic (exact) mass is 309 g/mol. The first kappa shape index (κ1) is 15.9. The number of aliphatic hydroxyl groups excluding tert-OH is 1. The van der Waals surface area contributed by atoms with Crippen LogP contribution in [0.4, 0.5) is 20.6 Å². The van der Waals surface area contributed by atoms with E-state index in [1.165, 1.54) is 17.0 Å². The number of halogens is 1. The van der Waals surface area contributed by atoms with Crippen molar-refractivity contribution in [2.45, 2.75) is 6.10 Å². The van der Waals surface area contributed by atoms with Crippen LogP contribution in [0.3, 0.4) is 0 Å². The van der Waals surface area contributed by atoms with Crippen molar-refractivity contribution >= 4 is 17.5 Å². The number of carbonyl (C=O) groups excluding carboxylic acids is 1. The maximum absolute atomic E-state index is 14.1. The summed E-state index contributed by atoms with van der Waals surface area (Å²) in [5.74, 6) is -0.500. The molecule has 9 heteroatoms. The number of likely N-dealkylation sites (N-methyl/N-ethyl adjacent to an activating group) is 1. The van der Waals surface area contributed by atoms with Crippen LogP contribution in [-0.4, -0.2) is 50.6 Å². The molecule has 2 rings (SSSR count). The first-order valence-electron chi connectivity index (χ1n) is 6.67. The van der Waals surface area contributed by atoms with E-state index in [9.17, 15) is 9.18 Å². The number of aliphatic hydroxyl groups is 1. The van der Waals surface area contributed by atoms with E-state index in [2.05, 4.69) is 10.0 Å². The third kappa shape index (κ3) is 3.38. The summed E-state index contributed by atoms with van der Waals surface area (Å²) in [6.07, 6.45) is -1.14. The summed E-state index contributed by atoms with van der Waals surface area (Å²) in [6.45, 7) is 0.454. The summed E-state index contributed by atoms with van der Waals surface area (Å²) in [6, 6.07) is 4.37. The Morgan fingerprint density at radius 1 is 1.64 bits per heavy atom. The van der Waals surface area contributed by atoms with Crippen LogP contribution < -0.4 is 9.80 Å². The van der Waals surface area contributed by atoms with Gasteiger partial charge in [0.05, 0.1) is 31.1 Å². The van der Waals surface area contributed by atoms with Crippen LogP contribution in [-0.2, 0) is 4.74 Å². The first-order chi connectivity index (χ1) is 10.6. The standard InChI is InChI=1S/C13H16FN5O3/c1-18(4-5-20)12-3-2-9(6-11(12)14)19-8-10(7-16-17-15)22-13(19)21/h2-3,6,10,20H,4-5,7-8H2,1H3. The minimum Gasteiger partial charge on any atom is -0.444 e.